The number of hydrogen-bond donors (Lipinski definition) is 1. The van der Waals surface area contributed by atoms with E-state index in [1.807, 2.05) is 12.1 Å². The smallest absolute Gasteiger partial charge is 0.259 e. The molecule has 3 rings (SSSR count). The molecule has 20 heavy (non-hydrogen) atoms. The molecule has 1 atom stereocenters. The van der Waals surface area contributed by atoms with Crippen LogP contribution >= 0.6 is 24.8 Å². The first-order chi connectivity index (χ1) is 8.92. The van der Waals surface area contributed by atoms with Gasteiger partial charge in [-0.1, -0.05) is 5.16 Å². The Balaban J connectivity index is 0.000001000. The molecule has 2 aromatic rings. The topological polar surface area (TPSA) is 63.8 Å². The van der Waals surface area contributed by atoms with Crippen LogP contribution < -0.4 is 5.32 Å². The zero-order valence-corrected chi connectivity index (χ0v) is 12.6. The van der Waals surface area contributed by atoms with E-state index in [1.165, 1.54) is 12.8 Å². The summed E-state index contributed by atoms with van der Waals surface area (Å²) in [5, 5.41) is 7.44. The average molecular weight is 317 g/mol. The lowest BCUT2D eigenvalue weighted by molar-refractivity contribution is 0.360. The van der Waals surface area contributed by atoms with E-state index in [0.29, 0.717) is 11.8 Å². The van der Waals surface area contributed by atoms with Crippen molar-refractivity contribution in [2.45, 2.75) is 19.3 Å². The molecule has 7 heteroatoms. The Morgan fingerprint density at radius 2 is 2.25 bits per heavy atom. The van der Waals surface area contributed by atoms with Gasteiger partial charge in [0.15, 0.2) is 5.82 Å². The van der Waals surface area contributed by atoms with Gasteiger partial charge in [-0.15, -0.1) is 24.8 Å². The van der Waals surface area contributed by atoms with Crippen molar-refractivity contribution in [2.75, 3.05) is 13.1 Å². The van der Waals surface area contributed by atoms with Crippen LogP contribution in [0.25, 0.3) is 11.5 Å². The Hall–Kier alpha value is -1.17. The maximum absolute atomic E-state index is 5.27. The molecular weight excluding hydrogens is 299 g/mol. The van der Waals surface area contributed by atoms with E-state index in [0.717, 1.165) is 30.9 Å². The second kappa shape index (κ2) is 8.19. The van der Waals surface area contributed by atoms with E-state index < -0.39 is 0 Å². The molecule has 1 fully saturated rings. The van der Waals surface area contributed by atoms with E-state index in [9.17, 15) is 0 Å². The van der Waals surface area contributed by atoms with Gasteiger partial charge in [-0.3, -0.25) is 4.98 Å². The minimum atomic E-state index is 0. The molecule has 0 radical (unpaired) electrons. The van der Waals surface area contributed by atoms with Crippen LogP contribution in [0.15, 0.2) is 29.0 Å². The van der Waals surface area contributed by atoms with Gasteiger partial charge in [0, 0.05) is 18.8 Å². The summed E-state index contributed by atoms with van der Waals surface area (Å²) in [5.41, 5.74) is 0.873. The van der Waals surface area contributed by atoms with Crippen LogP contribution in [0.5, 0.6) is 0 Å². The van der Waals surface area contributed by atoms with Gasteiger partial charge in [-0.05, 0) is 44.0 Å². The van der Waals surface area contributed by atoms with Crippen LogP contribution in [-0.4, -0.2) is 28.2 Å². The largest absolute Gasteiger partial charge is 0.334 e. The fraction of sp³-hybridized carbons (Fsp3) is 0.462. The molecule has 0 spiro atoms. The van der Waals surface area contributed by atoms with Crippen molar-refractivity contribution >= 4 is 24.8 Å². The summed E-state index contributed by atoms with van der Waals surface area (Å²) in [6.45, 7) is 2.18. The predicted molar refractivity (Wildman–Crippen MR) is 81.3 cm³/mol. The molecule has 1 saturated heterocycles. The zero-order valence-electron chi connectivity index (χ0n) is 11.0. The van der Waals surface area contributed by atoms with Gasteiger partial charge in [0.1, 0.15) is 0 Å². The van der Waals surface area contributed by atoms with E-state index in [-0.39, 0.29) is 24.8 Å². The van der Waals surface area contributed by atoms with Crippen LogP contribution in [0.3, 0.4) is 0 Å². The Bertz CT molecular complexity index is 500. The van der Waals surface area contributed by atoms with Crippen LogP contribution in [0, 0.1) is 5.92 Å². The highest BCUT2D eigenvalue weighted by atomic mass is 35.5. The van der Waals surface area contributed by atoms with E-state index >= 15 is 0 Å². The fourth-order valence-electron chi connectivity index (χ4n) is 2.30. The maximum atomic E-state index is 5.27. The minimum absolute atomic E-state index is 0. The first kappa shape index (κ1) is 16.9. The molecule has 1 aliphatic rings. The predicted octanol–water partition coefficient (Wildman–Crippen LogP) is 2.52. The number of nitrogens with zero attached hydrogens (tertiary/aromatic N) is 3. The molecule has 3 heterocycles. The van der Waals surface area contributed by atoms with Crippen LogP contribution in [-0.2, 0) is 6.42 Å². The first-order valence-corrected chi connectivity index (χ1v) is 6.35. The summed E-state index contributed by atoms with van der Waals surface area (Å²) < 4.78 is 5.27. The van der Waals surface area contributed by atoms with Crippen LogP contribution in [0.1, 0.15) is 18.7 Å². The molecule has 1 N–H and O–H groups in total. The molecule has 0 amide bonds. The number of pyridine rings is 1. The highest BCUT2D eigenvalue weighted by molar-refractivity contribution is 5.85. The minimum Gasteiger partial charge on any atom is -0.334 e. The quantitative estimate of drug-likeness (QED) is 0.942. The third kappa shape index (κ3) is 4.16. The fourth-order valence-corrected chi connectivity index (χ4v) is 2.30. The molecule has 0 saturated carbocycles. The number of halogens is 2. The van der Waals surface area contributed by atoms with Gasteiger partial charge in [0.25, 0.3) is 5.89 Å². The van der Waals surface area contributed by atoms with E-state index in [2.05, 4.69) is 20.4 Å². The van der Waals surface area contributed by atoms with Gasteiger partial charge in [0.2, 0.25) is 0 Å². The third-order valence-corrected chi connectivity index (χ3v) is 3.25. The Labute approximate surface area is 130 Å². The summed E-state index contributed by atoms with van der Waals surface area (Å²) in [6, 6.07) is 3.79. The average Bonchev–Trinajstić information content (AvgIpc) is 2.89. The lowest BCUT2D eigenvalue weighted by Crippen LogP contribution is -2.31. The highest BCUT2D eigenvalue weighted by Gasteiger charge is 2.17. The molecular formula is C13H18Cl2N4O. The number of aromatic nitrogens is 3. The van der Waals surface area contributed by atoms with Crippen LogP contribution in [0.4, 0.5) is 0 Å². The van der Waals surface area contributed by atoms with Crippen molar-refractivity contribution in [3.8, 4) is 11.5 Å². The second-order valence-corrected chi connectivity index (χ2v) is 4.67. The monoisotopic (exact) mass is 316 g/mol. The number of piperidine rings is 1. The Morgan fingerprint density at radius 3 is 2.95 bits per heavy atom. The molecule has 0 bridgehead atoms. The lowest BCUT2D eigenvalue weighted by Gasteiger charge is -2.20. The molecule has 2 aromatic heterocycles. The van der Waals surface area contributed by atoms with Crippen molar-refractivity contribution in [1.29, 1.82) is 0 Å². The summed E-state index contributed by atoms with van der Waals surface area (Å²) in [6.07, 6.45) is 6.83. The number of rotatable bonds is 3. The zero-order chi connectivity index (χ0) is 12.2. The van der Waals surface area contributed by atoms with Crippen molar-refractivity contribution in [3.63, 3.8) is 0 Å². The summed E-state index contributed by atoms with van der Waals surface area (Å²) in [7, 11) is 0. The van der Waals surface area contributed by atoms with Gasteiger partial charge < -0.3 is 9.84 Å². The highest BCUT2D eigenvalue weighted by Crippen LogP contribution is 2.18. The molecule has 0 aromatic carbocycles. The van der Waals surface area contributed by atoms with Crippen molar-refractivity contribution in [3.05, 3.63) is 30.4 Å². The summed E-state index contributed by atoms with van der Waals surface area (Å²) in [4.78, 5) is 8.48. The van der Waals surface area contributed by atoms with Gasteiger partial charge >= 0.3 is 0 Å². The molecule has 1 unspecified atom stereocenters. The summed E-state index contributed by atoms with van der Waals surface area (Å²) in [5.74, 6) is 1.97. The van der Waals surface area contributed by atoms with E-state index in [4.69, 9.17) is 4.52 Å². The maximum Gasteiger partial charge on any atom is 0.259 e. The van der Waals surface area contributed by atoms with Crippen molar-refractivity contribution < 1.29 is 4.52 Å². The van der Waals surface area contributed by atoms with Gasteiger partial charge in [0.05, 0.1) is 5.56 Å². The first-order valence-electron chi connectivity index (χ1n) is 6.35. The SMILES string of the molecule is Cl.Cl.c1cncc(-c2nc(CC3CCCNC3)no2)c1. The number of nitrogens with one attached hydrogen (secondary N) is 1. The van der Waals surface area contributed by atoms with Crippen LogP contribution in [0.2, 0.25) is 0 Å². The summed E-state index contributed by atoms with van der Waals surface area (Å²) >= 11 is 0. The third-order valence-electron chi connectivity index (χ3n) is 3.25. The Kier molecular flexibility index (Phi) is 6.91. The van der Waals surface area contributed by atoms with Crippen molar-refractivity contribution in [1.82, 2.24) is 20.4 Å². The number of hydrogen-bond acceptors (Lipinski definition) is 5. The van der Waals surface area contributed by atoms with Crippen molar-refractivity contribution in [2.24, 2.45) is 5.92 Å². The lowest BCUT2D eigenvalue weighted by atomic mass is 9.96. The molecule has 0 aliphatic carbocycles. The van der Waals surface area contributed by atoms with Gasteiger partial charge in [-0.25, -0.2) is 0 Å². The molecule has 1 aliphatic heterocycles. The molecule has 110 valence electrons. The van der Waals surface area contributed by atoms with E-state index in [1.54, 1.807) is 12.4 Å². The molecule has 5 nitrogen and oxygen atoms in total. The van der Waals surface area contributed by atoms with Gasteiger partial charge in [-0.2, -0.15) is 4.98 Å². The Morgan fingerprint density at radius 1 is 1.35 bits per heavy atom. The normalized spacial score (nSPS) is 17.9. The standard InChI is InChI=1S/C13H16N4O.2ClH/c1-3-10(8-14-5-1)7-12-16-13(18-17-12)11-4-2-6-15-9-11;;/h2,4,6,9-10,14H,1,3,5,7-8H2;2*1H. The second-order valence-electron chi connectivity index (χ2n) is 4.67.